The fourth-order valence-electron chi connectivity index (χ4n) is 6.39. The van der Waals surface area contributed by atoms with Gasteiger partial charge in [-0.25, -0.2) is 4.98 Å². The van der Waals surface area contributed by atoms with Gasteiger partial charge in [0.25, 0.3) is 0 Å². The molecule has 0 saturated carbocycles. The van der Waals surface area contributed by atoms with E-state index < -0.39 is 0 Å². The van der Waals surface area contributed by atoms with E-state index in [1.807, 2.05) is 0 Å². The molecule has 0 unspecified atom stereocenters. The molecule has 3 nitrogen and oxygen atoms in total. The smallest absolute Gasteiger partial charge is 0.195 e. The fraction of sp³-hybridized carbons (Fsp3) is 0. The molecule has 0 aliphatic carbocycles. The summed E-state index contributed by atoms with van der Waals surface area (Å²) in [5.41, 5.74) is 7.07. The third-order valence-electron chi connectivity index (χ3n) is 7.92. The van der Waals surface area contributed by atoms with Gasteiger partial charge in [0.2, 0.25) is 0 Å². The number of hydrogen-bond acceptors (Lipinski definition) is 2. The van der Waals surface area contributed by atoms with Crippen LogP contribution < -0.4 is 0 Å². The molecular formula is C35H21N3S. The molecule has 9 aromatic rings. The highest BCUT2D eigenvalue weighted by Gasteiger charge is 2.24. The van der Waals surface area contributed by atoms with Crippen molar-refractivity contribution >= 4 is 75.9 Å². The number of thiazole rings is 1. The summed E-state index contributed by atoms with van der Waals surface area (Å²) in [6, 6.07) is 45.6. The second-order valence-electron chi connectivity index (χ2n) is 10.00. The van der Waals surface area contributed by atoms with Gasteiger partial charge in [-0.3, -0.25) is 4.57 Å². The highest BCUT2D eigenvalue weighted by atomic mass is 32.1. The Morgan fingerprint density at radius 1 is 0.462 bits per heavy atom. The summed E-state index contributed by atoms with van der Waals surface area (Å²) in [5.74, 6) is 0. The van der Waals surface area contributed by atoms with Crippen LogP contribution in [-0.2, 0) is 0 Å². The average molecular weight is 516 g/mol. The van der Waals surface area contributed by atoms with Crippen molar-refractivity contribution in [3.8, 4) is 10.8 Å². The van der Waals surface area contributed by atoms with Gasteiger partial charge in [0.15, 0.2) is 5.13 Å². The minimum absolute atomic E-state index is 0.999. The van der Waals surface area contributed by atoms with E-state index in [0.29, 0.717) is 0 Å². The summed E-state index contributed by atoms with van der Waals surface area (Å²) in [5, 5.41) is 8.56. The number of nitrogens with zero attached hydrogens (tertiary/aromatic N) is 3. The van der Waals surface area contributed by atoms with Gasteiger partial charge in [-0.2, -0.15) is 0 Å². The largest absolute Gasteiger partial charge is 0.309 e. The van der Waals surface area contributed by atoms with E-state index in [0.717, 1.165) is 10.6 Å². The number of fused-ring (bicyclic) bond motifs is 11. The van der Waals surface area contributed by atoms with Crippen molar-refractivity contribution < 1.29 is 0 Å². The summed E-state index contributed by atoms with van der Waals surface area (Å²) in [7, 11) is 0. The third kappa shape index (κ3) is 2.78. The Bertz CT molecular complexity index is 2360. The van der Waals surface area contributed by atoms with Gasteiger partial charge in [-0.1, -0.05) is 102 Å². The van der Waals surface area contributed by atoms with Crippen molar-refractivity contribution in [3.63, 3.8) is 0 Å². The van der Waals surface area contributed by atoms with Crippen LogP contribution in [0.3, 0.4) is 0 Å². The quantitative estimate of drug-likeness (QED) is 0.225. The van der Waals surface area contributed by atoms with Crippen molar-refractivity contribution in [2.24, 2.45) is 0 Å². The van der Waals surface area contributed by atoms with Gasteiger partial charge < -0.3 is 4.57 Å². The number of aromatic nitrogens is 3. The lowest BCUT2D eigenvalue weighted by molar-refractivity contribution is 1.15. The Balaban J connectivity index is 1.61. The molecular weight excluding hydrogens is 494 g/mol. The topological polar surface area (TPSA) is 22.8 Å². The van der Waals surface area contributed by atoms with Gasteiger partial charge >= 0.3 is 0 Å². The van der Waals surface area contributed by atoms with E-state index in [1.165, 1.54) is 64.8 Å². The minimum Gasteiger partial charge on any atom is -0.309 e. The highest BCUT2D eigenvalue weighted by Crippen LogP contribution is 2.47. The molecule has 3 heterocycles. The van der Waals surface area contributed by atoms with Crippen molar-refractivity contribution in [1.82, 2.24) is 14.1 Å². The van der Waals surface area contributed by atoms with Crippen LogP contribution in [0.5, 0.6) is 0 Å². The lowest BCUT2D eigenvalue weighted by atomic mass is 9.99. The first kappa shape index (κ1) is 21.1. The van der Waals surface area contributed by atoms with Crippen LogP contribution in [0.15, 0.2) is 127 Å². The second kappa shape index (κ2) is 7.79. The maximum atomic E-state index is 5.13. The molecule has 9 rings (SSSR count). The molecule has 0 fully saturated rings. The highest BCUT2D eigenvalue weighted by molar-refractivity contribution is 7.20. The molecule has 182 valence electrons. The van der Waals surface area contributed by atoms with Crippen molar-refractivity contribution in [3.05, 3.63) is 127 Å². The molecule has 0 spiro atoms. The van der Waals surface area contributed by atoms with Crippen LogP contribution in [-0.4, -0.2) is 14.1 Å². The lowest BCUT2D eigenvalue weighted by Crippen LogP contribution is -1.96. The first-order valence-electron chi connectivity index (χ1n) is 13.2. The molecule has 0 amide bonds. The zero-order chi connectivity index (χ0) is 25.5. The lowest BCUT2D eigenvalue weighted by Gasteiger charge is -2.12. The van der Waals surface area contributed by atoms with E-state index in [1.54, 1.807) is 11.3 Å². The molecule has 0 atom stereocenters. The number of benzene rings is 6. The predicted molar refractivity (Wildman–Crippen MR) is 166 cm³/mol. The summed E-state index contributed by atoms with van der Waals surface area (Å²) < 4.78 is 6.03. The van der Waals surface area contributed by atoms with Crippen LogP contribution in [0.25, 0.3) is 75.4 Å². The fourth-order valence-corrected chi connectivity index (χ4v) is 7.38. The summed E-state index contributed by atoms with van der Waals surface area (Å²) in [4.78, 5) is 5.13. The van der Waals surface area contributed by atoms with Crippen LogP contribution >= 0.6 is 11.3 Å². The van der Waals surface area contributed by atoms with Crippen LogP contribution in [0.1, 0.15) is 0 Å². The van der Waals surface area contributed by atoms with E-state index in [-0.39, 0.29) is 0 Å². The summed E-state index contributed by atoms with van der Waals surface area (Å²) in [6.45, 7) is 0. The predicted octanol–water partition coefficient (Wildman–Crippen LogP) is 9.64. The molecule has 0 N–H and O–H groups in total. The van der Waals surface area contributed by atoms with Gasteiger partial charge in [0, 0.05) is 38.0 Å². The molecule has 6 aromatic carbocycles. The Labute approximate surface area is 227 Å². The van der Waals surface area contributed by atoms with Gasteiger partial charge in [-0.05, 0) is 36.4 Å². The van der Waals surface area contributed by atoms with Crippen LogP contribution in [0, 0.1) is 0 Å². The van der Waals surface area contributed by atoms with Crippen molar-refractivity contribution in [2.75, 3.05) is 0 Å². The van der Waals surface area contributed by atoms with E-state index in [4.69, 9.17) is 4.98 Å². The van der Waals surface area contributed by atoms with E-state index in [9.17, 15) is 0 Å². The monoisotopic (exact) mass is 515 g/mol. The minimum atomic E-state index is 0.999. The van der Waals surface area contributed by atoms with Gasteiger partial charge in [0.05, 0.1) is 32.3 Å². The average Bonchev–Trinajstić information content (AvgIpc) is 3.68. The normalized spacial score (nSPS) is 12.1. The summed E-state index contributed by atoms with van der Waals surface area (Å²) in [6.07, 6.45) is 0. The number of rotatable bonds is 2. The molecule has 0 aliphatic rings. The Morgan fingerprint density at radius 2 is 0.974 bits per heavy atom. The zero-order valence-corrected chi connectivity index (χ0v) is 21.7. The molecule has 0 saturated heterocycles. The Morgan fingerprint density at radius 3 is 1.64 bits per heavy atom. The van der Waals surface area contributed by atoms with Crippen molar-refractivity contribution in [1.29, 1.82) is 0 Å². The van der Waals surface area contributed by atoms with Crippen LogP contribution in [0.2, 0.25) is 0 Å². The molecule has 0 bridgehead atoms. The first-order valence-corrected chi connectivity index (χ1v) is 14.0. The molecule has 0 radical (unpaired) electrons. The maximum absolute atomic E-state index is 5.13. The number of hydrogen-bond donors (Lipinski definition) is 0. The molecule has 4 heteroatoms. The zero-order valence-electron chi connectivity index (χ0n) is 20.9. The van der Waals surface area contributed by atoms with Gasteiger partial charge in [-0.15, -0.1) is 0 Å². The SMILES string of the molecule is c1ccc(-n2c3ccccc3c3c4c5ccccc5n(-c5nc6ccccc6s5)c4c4ccccc4c32)cc1. The Kier molecular flexibility index (Phi) is 4.21. The van der Waals surface area contributed by atoms with Crippen LogP contribution in [0.4, 0.5) is 0 Å². The Hall–Kier alpha value is -4.93. The maximum Gasteiger partial charge on any atom is 0.195 e. The third-order valence-corrected chi connectivity index (χ3v) is 8.95. The summed E-state index contributed by atoms with van der Waals surface area (Å²) >= 11 is 1.75. The molecule has 39 heavy (non-hydrogen) atoms. The standard InChI is InChI=1S/C35H21N3S/c1-2-12-22(13-3-1)37-28-19-9-6-16-25(28)31-32-26-17-7-10-20-29(26)38(35-36-27-18-8-11-21-30(27)39-35)34(32)24-15-5-4-14-23(24)33(31)37/h1-21H. The van der Waals surface area contributed by atoms with E-state index in [2.05, 4.69) is 137 Å². The number of para-hydroxylation sites is 4. The second-order valence-corrected chi connectivity index (χ2v) is 11.0. The van der Waals surface area contributed by atoms with Crippen molar-refractivity contribution in [2.45, 2.75) is 0 Å². The molecule has 0 aliphatic heterocycles. The van der Waals surface area contributed by atoms with E-state index >= 15 is 0 Å². The molecule has 3 aromatic heterocycles. The van der Waals surface area contributed by atoms with Gasteiger partial charge in [0.1, 0.15) is 0 Å². The first-order chi connectivity index (χ1) is 19.4.